The molecule has 0 spiro atoms. The van der Waals surface area contributed by atoms with Crippen molar-refractivity contribution < 1.29 is 4.39 Å². The number of hydrogen-bond donors (Lipinski definition) is 1. The van der Waals surface area contributed by atoms with Gasteiger partial charge in [0.2, 0.25) is 0 Å². The normalized spacial score (nSPS) is 16.4. The van der Waals surface area contributed by atoms with Gasteiger partial charge in [-0.3, -0.25) is 0 Å². The first-order chi connectivity index (χ1) is 6.83. The zero-order valence-electron chi connectivity index (χ0n) is 7.76. The van der Waals surface area contributed by atoms with E-state index < -0.39 is 0 Å². The van der Waals surface area contributed by atoms with Gasteiger partial charge >= 0.3 is 0 Å². The second-order valence-electron chi connectivity index (χ2n) is 3.97. The van der Waals surface area contributed by atoms with Gasteiger partial charge in [-0.15, -0.1) is 0 Å². The number of nitrogens with one attached hydrogen (secondary N) is 1. The zero-order valence-corrected chi connectivity index (χ0v) is 7.76. The van der Waals surface area contributed by atoms with Gasteiger partial charge in [0.1, 0.15) is 11.3 Å². The zero-order chi connectivity index (χ0) is 9.54. The summed E-state index contributed by atoms with van der Waals surface area (Å²) in [5.41, 5.74) is 1.28. The number of rotatable bonds is 2. The van der Waals surface area contributed by atoms with Crippen LogP contribution in [0.2, 0.25) is 0 Å². The number of H-pyrrole nitrogens is 1. The van der Waals surface area contributed by atoms with Crippen molar-refractivity contribution in [1.82, 2.24) is 9.97 Å². The number of aromatic nitrogens is 2. The van der Waals surface area contributed by atoms with Gasteiger partial charge in [0.25, 0.3) is 0 Å². The summed E-state index contributed by atoms with van der Waals surface area (Å²) in [7, 11) is 0. The Morgan fingerprint density at radius 1 is 1.43 bits per heavy atom. The number of benzene rings is 1. The van der Waals surface area contributed by atoms with Crippen molar-refractivity contribution in [2.75, 3.05) is 0 Å². The molecule has 14 heavy (non-hydrogen) atoms. The molecule has 0 unspecified atom stereocenters. The van der Waals surface area contributed by atoms with Gasteiger partial charge in [-0.2, -0.15) is 0 Å². The molecule has 3 heteroatoms. The molecule has 1 aromatic carbocycles. The van der Waals surface area contributed by atoms with Crippen LogP contribution in [0.25, 0.3) is 11.0 Å². The minimum Gasteiger partial charge on any atom is -0.342 e. The van der Waals surface area contributed by atoms with Gasteiger partial charge in [-0.1, -0.05) is 6.07 Å². The van der Waals surface area contributed by atoms with E-state index in [1.54, 1.807) is 6.07 Å². The molecule has 1 heterocycles. The number of halogens is 1. The largest absolute Gasteiger partial charge is 0.342 e. The fraction of sp³-hybridized carbons (Fsp3) is 0.364. The maximum absolute atomic E-state index is 13.3. The lowest BCUT2D eigenvalue weighted by Gasteiger charge is -1.89. The molecule has 1 fully saturated rings. The molecule has 1 aliphatic carbocycles. The molecule has 3 rings (SSSR count). The van der Waals surface area contributed by atoms with E-state index in [-0.39, 0.29) is 5.82 Å². The fourth-order valence-electron chi connectivity index (χ4n) is 1.74. The lowest BCUT2D eigenvalue weighted by Crippen LogP contribution is -1.88. The third-order valence-corrected chi connectivity index (χ3v) is 2.69. The van der Waals surface area contributed by atoms with E-state index in [4.69, 9.17) is 0 Å². The van der Waals surface area contributed by atoms with E-state index in [0.29, 0.717) is 5.52 Å². The molecule has 2 aromatic rings. The summed E-state index contributed by atoms with van der Waals surface area (Å²) in [5.74, 6) is 1.46. The lowest BCUT2D eigenvalue weighted by atomic mass is 10.3. The highest BCUT2D eigenvalue weighted by molar-refractivity contribution is 5.75. The molecular formula is C11H11FN2. The molecule has 0 radical (unpaired) electrons. The first kappa shape index (κ1) is 7.97. The van der Waals surface area contributed by atoms with Gasteiger partial charge < -0.3 is 4.98 Å². The summed E-state index contributed by atoms with van der Waals surface area (Å²) in [6.07, 6.45) is 3.55. The fourth-order valence-corrected chi connectivity index (χ4v) is 1.74. The maximum atomic E-state index is 13.3. The molecule has 2 nitrogen and oxygen atoms in total. The average molecular weight is 190 g/mol. The Kier molecular flexibility index (Phi) is 1.60. The second kappa shape index (κ2) is 2.80. The number of nitrogens with zero attached hydrogens (tertiary/aromatic N) is 1. The van der Waals surface area contributed by atoms with Crippen LogP contribution in [0.1, 0.15) is 18.7 Å². The van der Waals surface area contributed by atoms with Crippen molar-refractivity contribution in [3.05, 3.63) is 29.8 Å². The molecular weight excluding hydrogens is 179 g/mol. The number of fused-ring (bicyclic) bond motifs is 1. The quantitative estimate of drug-likeness (QED) is 0.774. The molecule has 0 atom stereocenters. The molecule has 0 aliphatic heterocycles. The summed E-state index contributed by atoms with van der Waals surface area (Å²) >= 11 is 0. The van der Waals surface area contributed by atoms with E-state index in [2.05, 4.69) is 9.97 Å². The average Bonchev–Trinajstić information content (AvgIpc) is 2.84. The Morgan fingerprint density at radius 2 is 2.29 bits per heavy atom. The standard InChI is InChI=1S/C11H11FN2/c12-8-2-1-3-9-11(8)14-10(13-9)6-7-4-5-7/h1-3,7H,4-6H2,(H,13,14). The second-order valence-corrected chi connectivity index (χ2v) is 3.97. The van der Waals surface area contributed by atoms with Crippen LogP contribution >= 0.6 is 0 Å². The van der Waals surface area contributed by atoms with Crippen molar-refractivity contribution in [3.63, 3.8) is 0 Å². The Hall–Kier alpha value is -1.38. The van der Waals surface area contributed by atoms with Crippen LogP contribution in [0.15, 0.2) is 18.2 Å². The maximum Gasteiger partial charge on any atom is 0.151 e. The third kappa shape index (κ3) is 1.29. The highest BCUT2D eigenvalue weighted by atomic mass is 19.1. The number of hydrogen-bond acceptors (Lipinski definition) is 1. The third-order valence-electron chi connectivity index (χ3n) is 2.69. The predicted octanol–water partition coefficient (Wildman–Crippen LogP) is 2.65. The number of aromatic amines is 1. The van der Waals surface area contributed by atoms with E-state index in [1.807, 2.05) is 6.07 Å². The molecule has 1 saturated carbocycles. The van der Waals surface area contributed by atoms with Crippen LogP contribution in [0.3, 0.4) is 0 Å². The minimum absolute atomic E-state index is 0.235. The summed E-state index contributed by atoms with van der Waals surface area (Å²) in [6.45, 7) is 0. The van der Waals surface area contributed by atoms with Gasteiger partial charge in [0.05, 0.1) is 5.52 Å². The Morgan fingerprint density at radius 3 is 3.00 bits per heavy atom. The smallest absolute Gasteiger partial charge is 0.151 e. The summed E-state index contributed by atoms with van der Waals surface area (Å²) < 4.78 is 13.3. The Balaban J connectivity index is 2.05. The van der Waals surface area contributed by atoms with E-state index in [1.165, 1.54) is 18.9 Å². The Bertz CT molecular complexity index is 471. The number of imidazole rings is 1. The lowest BCUT2D eigenvalue weighted by molar-refractivity contribution is 0.636. The van der Waals surface area contributed by atoms with Crippen LogP contribution in [-0.4, -0.2) is 9.97 Å². The van der Waals surface area contributed by atoms with Crippen molar-refractivity contribution in [2.24, 2.45) is 5.92 Å². The summed E-state index contributed by atoms with van der Waals surface area (Å²) in [6, 6.07) is 5.02. The molecule has 0 amide bonds. The monoisotopic (exact) mass is 190 g/mol. The van der Waals surface area contributed by atoms with Crippen molar-refractivity contribution >= 4 is 11.0 Å². The van der Waals surface area contributed by atoms with E-state index >= 15 is 0 Å². The van der Waals surface area contributed by atoms with Crippen molar-refractivity contribution in [2.45, 2.75) is 19.3 Å². The van der Waals surface area contributed by atoms with Crippen LogP contribution in [0.4, 0.5) is 4.39 Å². The molecule has 1 N–H and O–H groups in total. The first-order valence-corrected chi connectivity index (χ1v) is 4.96. The van der Waals surface area contributed by atoms with Gasteiger partial charge in [-0.25, -0.2) is 9.37 Å². The summed E-state index contributed by atoms with van der Waals surface area (Å²) in [5, 5.41) is 0. The van der Waals surface area contributed by atoms with E-state index in [0.717, 1.165) is 23.7 Å². The van der Waals surface area contributed by atoms with Crippen molar-refractivity contribution in [1.29, 1.82) is 0 Å². The molecule has 1 aromatic heterocycles. The van der Waals surface area contributed by atoms with Crippen LogP contribution in [-0.2, 0) is 6.42 Å². The molecule has 0 bridgehead atoms. The van der Waals surface area contributed by atoms with Gasteiger partial charge in [0.15, 0.2) is 5.82 Å². The summed E-state index contributed by atoms with van der Waals surface area (Å²) in [4.78, 5) is 7.42. The van der Waals surface area contributed by atoms with Gasteiger partial charge in [-0.05, 0) is 30.9 Å². The van der Waals surface area contributed by atoms with E-state index in [9.17, 15) is 4.39 Å². The Labute approximate surface area is 81.2 Å². The first-order valence-electron chi connectivity index (χ1n) is 4.96. The van der Waals surface area contributed by atoms with Crippen LogP contribution in [0.5, 0.6) is 0 Å². The topological polar surface area (TPSA) is 28.7 Å². The minimum atomic E-state index is -0.235. The molecule has 0 saturated heterocycles. The highest BCUT2D eigenvalue weighted by Gasteiger charge is 2.23. The molecule has 72 valence electrons. The molecule has 1 aliphatic rings. The van der Waals surface area contributed by atoms with Gasteiger partial charge in [0, 0.05) is 6.42 Å². The SMILES string of the molecule is Fc1cccc2[nH]c(CC3CC3)nc12. The number of para-hydroxylation sites is 1. The highest BCUT2D eigenvalue weighted by Crippen LogP contribution is 2.32. The van der Waals surface area contributed by atoms with Crippen LogP contribution in [0, 0.1) is 11.7 Å². The predicted molar refractivity (Wildman–Crippen MR) is 52.5 cm³/mol. The van der Waals surface area contributed by atoms with Crippen LogP contribution < -0.4 is 0 Å². The van der Waals surface area contributed by atoms with Crippen molar-refractivity contribution in [3.8, 4) is 0 Å².